The minimum atomic E-state index is -0.496. The quantitative estimate of drug-likeness (QED) is 0.591. The normalized spacial score (nSPS) is 9.82. The fraction of sp³-hybridized carbons (Fsp3) is 0.833. The Morgan fingerprint density at radius 1 is 1.36 bits per heavy atom. The fourth-order valence-corrected chi connectivity index (χ4v) is 0.502. The van der Waals surface area contributed by atoms with Gasteiger partial charge in [0.05, 0.1) is 13.7 Å². The van der Waals surface area contributed by atoms with Crippen LogP contribution in [0.1, 0.15) is 0 Å². The van der Waals surface area contributed by atoms with E-state index in [1.165, 1.54) is 21.3 Å². The summed E-state index contributed by atoms with van der Waals surface area (Å²) in [6.07, 6.45) is -0.918. The van der Waals surface area contributed by atoms with Crippen molar-refractivity contribution in [2.45, 2.75) is 6.29 Å². The second-order valence-corrected chi connectivity index (χ2v) is 1.77. The third-order valence-electron chi connectivity index (χ3n) is 1.12. The molecule has 0 aliphatic rings. The molecule has 0 unspecified atom stereocenters. The van der Waals surface area contributed by atoms with Gasteiger partial charge < -0.3 is 19.5 Å². The minimum absolute atomic E-state index is 0.277. The molecule has 0 aliphatic carbocycles. The molecule has 0 aliphatic heterocycles. The van der Waals surface area contributed by atoms with E-state index in [-0.39, 0.29) is 6.54 Å². The van der Waals surface area contributed by atoms with Crippen LogP contribution in [0.15, 0.2) is 0 Å². The average molecular weight is 163 g/mol. The summed E-state index contributed by atoms with van der Waals surface area (Å²) in [6.45, 7) is 0.277. The highest BCUT2D eigenvalue weighted by atomic mass is 16.7. The van der Waals surface area contributed by atoms with E-state index in [4.69, 9.17) is 9.47 Å². The molecule has 0 aromatic rings. The van der Waals surface area contributed by atoms with E-state index in [1.54, 1.807) is 0 Å². The Bertz CT molecular complexity index is 113. The molecule has 5 heteroatoms. The van der Waals surface area contributed by atoms with E-state index in [0.717, 1.165) is 0 Å². The van der Waals surface area contributed by atoms with Crippen LogP contribution in [0.3, 0.4) is 0 Å². The van der Waals surface area contributed by atoms with Crippen LogP contribution in [-0.2, 0) is 14.2 Å². The van der Waals surface area contributed by atoms with E-state index >= 15 is 0 Å². The highest BCUT2D eigenvalue weighted by Crippen LogP contribution is 1.87. The molecule has 66 valence electrons. The zero-order chi connectivity index (χ0) is 8.69. The first kappa shape index (κ1) is 10.2. The summed E-state index contributed by atoms with van der Waals surface area (Å²) in [5.41, 5.74) is 0. The maximum absolute atomic E-state index is 10.5. The van der Waals surface area contributed by atoms with E-state index in [2.05, 4.69) is 10.1 Å². The number of carbonyl (C=O) groups excluding carboxylic acids is 1. The number of ether oxygens (including phenoxy) is 3. The summed E-state index contributed by atoms with van der Waals surface area (Å²) < 4.78 is 13.9. The van der Waals surface area contributed by atoms with Crippen molar-refractivity contribution in [3.05, 3.63) is 0 Å². The summed E-state index contributed by atoms with van der Waals surface area (Å²) in [7, 11) is 4.28. The highest BCUT2D eigenvalue weighted by Gasteiger charge is 2.06. The maximum Gasteiger partial charge on any atom is 0.407 e. The minimum Gasteiger partial charge on any atom is -0.453 e. The number of hydrogen-bond donors (Lipinski definition) is 1. The number of carbonyl (C=O) groups is 1. The Morgan fingerprint density at radius 2 is 1.91 bits per heavy atom. The highest BCUT2D eigenvalue weighted by molar-refractivity contribution is 5.66. The molecule has 0 radical (unpaired) electrons. The third-order valence-corrected chi connectivity index (χ3v) is 1.12. The zero-order valence-corrected chi connectivity index (χ0v) is 6.92. The van der Waals surface area contributed by atoms with Gasteiger partial charge in [-0.25, -0.2) is 4.79 Å². The van der Waals surface area contributed by atoms with Crippen molar-refractivity contribution >= 4 is 6.09 Å². The second-order valence-electron chi connectivity index (χ2n) is 1.77. The Kier molecular flexibility index (Phi) is 5.50. The summed E-state index contributed by atoms with van der Waals surface area (Å²) in [5.74, 6) is 0. The van der Waals surface area contributed by atoms with Gasteiger partial charge in [-0.15, -0.1) is 0 Å². The molecule has 0 atom stereocenters. The van der Waals surface area contributed by atoms with Gasteiger partial charge in [-0.3, -0.25) is 0 Å². The van der Waals surface area contributed by atoms with Crippen molar-refractivity contribution in [3.63, 3.8) is 0 Å². The lowest BCUT2D eigenvalue weighted by Crippen LogP contribution is -2.33. The first-order valence-electron chi connectivity index (χ1n) is 3.12. The largest absolute Gasteiger partial charge is 0.453 e. The topological polar surface area (TPSA) is 56.8 Å². The van der Waals surface area contributed by atoms with Crippen molar-refractivity contribution in [2.75, 3.05) is 27.9 Å². The smallest absolute Gasteiger partial charge is 0.407 e. The monoisotopic (exact) mass is 163 g/mol. The van der Waals surface area contributed by atoms with Gasteiger partial charge in [0.15, 0.2) is 6.29 Å². The Hall–Kier alpha value is -0.810. The number of methoxy groups -OCH3 is 3. The molecule has 0 saturated heterocycles. The molecule has 0 aromatic carbocycles. The van der Waals surface area contributed by atoms with Crippen molar-refractivity contribution in [2.24, 2.45) is 0 Å². The molecule has 0 spiro atoms. The van der Waals surface area contributed by atoms with Crippen LogP contribution in [0.5, 0.6) is 0 Å². The number of amides is 1. The number of nitrogens with one attached hydrogen (secondary N) is 1. The Labute approximate surface area is 65.6 Å². The standard InChI is InChI=1S/C6H13NO4/c1-9-5(10-2)4-7-6(8)11-3/h5H,4H2,1-3H3,(H,7,8). The van der Waals surface area contributed by atoms with Gasteiger partial charge in [0.25, 0.3) is 0 Å². The fourth-order valence-electron chi connectivity index (χ4n) is 0.502. The van der Waals surface area contributed by atoms with Crippen LogP contribution in [-0.4, -0.2) is 40.3 Å². The molecule has 0 bridgehead atoms. The second kappa shape index (κ2) is 5.94. The molecular formula is C6H13NO4. The molecule has 11 heavy (non-hydrogen) atoms. The van der Waals surface area contributed by atoms with Crippen molar-refractivity contribution in [1.82, 2.24) is 5.32 Å². The van der Waals surface area contributed by atoms with E-state index in [9.17, 15) is 4.79 Å². The molecule has 0 heterocycles. The van der Waals surface area contributed by atoms with Gasteiger partial charge in [0, 0.05) is 14.2 Å². The molecule has 0 rings (SSSR count). The van der Waals surface area contributed by atoms with Crippen molar-refractivity contribution in [1.29, 1.82) is 0 Å². The predicted molar refractivity (Wildman–Crippen MR) is 38.2 cm³/mol. The van der Waals surface area contributed by atoms with Gasteiger partial charge in [-0.05, 0) is 0 Å². The van der Waals surface area contributed by atoms with Crippen LogP contribution in [0.25, 0.3) is 0 Å². The number of alkyl carbamates (subject to hydrolysis) is 1. The van der Waals surface area contributed by atoms with Gasteiger partial charge in [0.1, 0.15) is 0 Å². The van der Waals surface area contributed by atoms with Crippen LogP contribution in [0, 0.1) is 0 Å². The summed E-state index contributed by atoms with van der Waals surface area (Å²) in [6, 6.07) is 0. The summed E-state index contributed by atoms with van der Waals surface area (Å²) in [4.78, 5) is 10.5. The molecule has 1 amide bonds. The van der Waals surface area contributed by atoms with Crippen molar-refractivity contribution in [3.8, 4) is 0 Å². The molecule has 0 aromatic heterocycles. The van der Waals surface area contributed by atoms with E-state index in [1.807, 2.05) is 0 Å². The third kappa shape index (κ3) is 4.58. The lowest BCUT2D eigenvalue weighted by molar-refractivity contribution is -0.0978. The maximum atomic E-state index is 10.5. The van der Waals surface area contributed by atoms with Crippen molar-refractivity contribution < 1.29 is 19.0 Å². The van der Waals surface area contributed by atoms with E-state index in [0.29, 0.717) is 0 Å². The van der Waals surface area contributed by atoms with Crippen LogP contribution < -0.4 is 5.32 Å². The van der Waals surface area contributed by atoms with Crippen LogP contribution in [0.4, 0.5) is 4.79 Å². The summed E-state index contributed by atoms with van der Waals surface area (Å²) >= 11 is 0. The number of rotatable bonds is 4. The Balaban J connectivity index is 3.42. The van der Waals surface area contributed by atoms with Gasteiger partial charge >= 0.3 is 6.09 Å². The molecule has 0 fully saturated rings. The van der Waals surface area contributed by atoms with Crippen LogP contribution in [0.2, 0.25) is 0 Å². The van der Waals surface area contributed by atoms with Crippen LogP contribution >= 0.6 is 0 Å². The molecular weight excluding hydrogens is 150 g/mol. The lowest BCUT2D eigenvalue weighted by Gasteiger charge is -2.12. The first-order chi connectivity index (χ1) is 5.24. The molecule has 5 nitrogen and oxygen atoms in total. The summed E-state index contributed by atoms with van der Waals surface area (Å²) in [5, 5.41) is 2.42. The average Bonchev–Trinajstić information content (AvgIpc) is 2.06. The molecule has 1 N–H and O–H groups in total. The SMILES string of the molecule is COC(=O)NCC(OC)OC. The van der Waals surface area contributed by atoms with Gasteiger partial charge in [-0.2, -0.15) is 0 Å². The van der Waals surface area contributed by atoms with E-state index < -0.39 is 12.4 Å². The number of hydrogen-bond acceptors (Lipinski definition) is 4. The zero-order valence-electron chi connectivity index (χ0n) is 6.92. The predicted octanol–water partition coefficient (Wildman–Crippen LogP) is -0.0387. The lowest BCUT2D eigenvalue weighted by atomic mass is 10.6. The first-order valence-corrected chi connectivity index (χ1v) is 3.12. The Morgan fingerprint density at radius 3 is 2.27 bits per heavy atom. The van der Waals surface area contributed by atoms with Gasteiger partial charge in [-0.1, -0.05) is 0 Å². The van der Waals surface area contributed by atoms with Gasteiger partial charge in [0.2, 0.25) is 0 Å². The molecule has 0 saturated carbocycles.